The molecule has 0 saturated heterocycles. The summed E-state index contributed by atoms with van der Waals surface area (Å²) in [6.45, 7) is 1.98. The molecule has 1 aromatic rings. The molecule has 1 aliphatic rings. The van der Waals surface area contributed by atoms with Crippen LogP contribution in [0.25, 0.3) is 0 Å². The zero-order valence-corrected chi connectivity index (χ0v) is 10.3. The second-order valence-corrected chi connectivity index (χ2v) is 4.12. The lowest BCUT2D eigenvalue weighted by atomic mass is 9.88. The number of hydrogen-bond acceptors (Lipinski definition) is 2. The molecule has 0 N–H and O–H groups in total. The van der Waals surface area contributed by atoms with Crippen LogP contribution in [0.3, 0.4) is 0 Å². The molecular weight excluding hydrogens is 224 g/mol. The number of allylic oxidation sites excluding steroid dienone is 2. The fourth-order valence-electron chi connectivity index (χ4n) is 1.97. The van der Waals surface area contributed by atoms with Crippen molar-refractivity contribution in [1.29, 1.82) is 0 Å². The Labute approximate surface area is 107 Å². The highest BCUT2D eigenvalue weighted by Gasteiger charge is 2.24. The van der Waals surface area contributed by atoms with Crippen molar-refractivity contribution >= 4 is 11.6 Å². The standard InChI is InChI=1S/C16H14O2/c1-2-3-4-5-8-12-11-15(17)13-9-6-7-10-14(13)16(12)18/h6-7,9-11H,2,5,8H2,1H3. The van der Waals surface area contributed by atoms with Crippen LogP contribution in [0.2, 0.25) is 0 Å². The van der Waals surface area contributed by atoms with E-state index in [4.69, 9.17) is 0 Å². The number of Topliss-reactive ketones (excluding diaryl/α,β-unsaturated/α-hetero) is 1. The van der Waals surface area contributed by atoms with Gasteiger partial charge in [0.25, 0.3) is 0 Å². The number of carbonyl (C=O) groups excluding carboxylic acids is 2. The molecular formula is C16H14O2. The molecule has 2 rings (SSSR count). The summed E-state index contributed by atoms with van der Waals surface area (Å²) >= 11 is 0. The summed E-state index contributed by atoms with van der Waals surface area (Å²) in [5, 5.41) is 0. The maximum absolute atomic E-state index is 12.2. The third-order valence-corrected chi connectivity index (χ3v) is 2.86. The van der Waals surface area contributed by atoms with Gasteiger partial charge >= 0.3 is 0 Å². The zero-order valence-electron chi connectivity index (χ0n) is 10.3. The second-order valence-electron chi connectivity index (χ2n) is 4.12. The average Bonchev–Trinajstić information content (AvgIpc) is 2.40. The minimum Gasteiger partial charge on any atom is -0.289 e. The van der Waals surface area contributed by atoms with E-state index in [0.29, 0.717) is 29.5 Å². The van der Waals surface area contributed by atoms with Crippen molar-refractivity contribution in [3.05, 3.63) is 47.0 Å². The summed E-state index contributed by atoms with van der Waals surface area (Å²) in [6, 6.07) is 6.96. The molecule has 0 fully saturated rings. The molecule has 2 heteroatoms. The molecule has 0 radical (unpaired) electrons. The first-order valence-electron chi connectivity index (χ1n) is 6.08. The van der Waals surface area contributed by atoms with Gasteiger partial charge in [-0.25, -0.2) is 0 Å². The lowest BCUT2D eigenvalue weighted by Gasteiger charge is -2.13. The predicted octanol–water partition coefficient (Wildman–Crippen LogP) is 3.19. The van der Waals surface area contributed by atoms with Crippen molar-refractivity contribution in [3.8, 4) is 11.8 Å². The topological polar surface area (TPSA) is 34.1 Å². The SMILES string of the molecule is CCC#CCCC1=CC(=O)c2ccccc2C1=O. The van der Waals surface area contributed by atoms with E-state index in [2.05, 4.69) is 11.8 Å². The number of carbonyl (C=O) groups is 2. The van der Waals surface area contributed by atoms with Crippen molar-refractivity contribution in [1.82, 2.24) is 0 Å². The fourth-order valence-corrected chi connectivity index (χ4v) is 1.97. The number of hydrogen-bond donors (Lipinski definition) is 0. The Bertz CT molecular complexity index is 583. The molecule has 90 valence electrons. The summed E-state index contributed by atoms with van der Waals surface area (Å²) in [7, 11) is 0. The van der Waals surface area contributed by atoms with Crippen molar-refractivity contribution in [2.45, 2.75) is 26.2 Å². The fraction of sp³-hybridized carbons (Fsp3) is 0.250. The summed E-state index contributed by atoms with van der Waals surface area (Å²) in [4.78, 5) is 24.0. The van der Waals surface area contributed by atoms with Crippen LogP contribution >= 0.6 is 0 Å². The molecule has 0 aromatic heterocycles. The van der Waals surface area contributed by atoms with Crippen LogP contribution in [-0.2, 0) is 0 Å². The number of benzene rings is 1. The number of rotatable bonds is 2. The van der Waals surface area contributed by atoms with Crippen LogP contribution in [-0.4, -0.2) is 11.6 Å². The van der Waals surface area contributed by atoms with Gasteiger partial charge in [-0.15, -0.1) is 11.8 Å². The number of ketones is 2. The smallest absolute Gasteiger partial charge is 0.189 e. The van der Waals surface area contributed by atoms with Crippen LogP contribution in [0.4, 0.5) is 0 Å². The zero-order chi connectivity index (χ0) is 13.0. The van der Waals surface area contributed by atoms with Crippen molar-refractivity contribution in [2.24, 2.45) is 0 Å². The molecule has 0 amide bonds. The van der Waals surface area contributed by atoms with Crippen molar-refractivity contribution in [2.75, 3.05) is 0 Å². The van der Waals surface area contributed by atoms with Crippen LogP contribution < -0.4 is 0 Å². The van der Waals surface area contributed by atoms with Gasteiger partial charge in [0, 0.05) is 29.5 Å². The Kier molecular flexibility index (Phi) is 3.74. The van der Waals surface area contributed by atoms with Crippen LogP contribution in [0.15, 0.2) is 35.9 Å². The maximum Gasteiger partial charge on any atom is 0.189 e. The Hall–Kier alpha value is -2.14. The molecule has 0 unspecified atom stereocenters. The van der Waals surface area contributed by atoms with E-state index in [-0.39, 0.29) is 11.6 Å². The molecule has 2 nitrogen and oxygen atoms in total. The minimum absolute atomic E-state index is 0.0384. The van der Waals surface area contributed by atoms with E-state index in [0.717, 1.165) is 6.42 Å². The molecule has 0 aliphatic heterocycles. The monoisotopic (exact) mass is 238 g/mol. The molecule has 1 aliphatic carbocycles. The lowest BCUT2D eigenvalue weighted by Crippen LogP contribution is -2.16. The first-order chi connectivity index (χ1) is 8.74. The molecule has 0 bridgehead atoms. The van der Waals surface area contributed by atoms with E-state index in [1.165, 1.54) is 6.08 Å². The minimum atomic E-state index is -0.0800. The summed E-state index contributed by atoms with van der Waals surface area (Å²) in [6.07, 6.45) is 3.44. The van der Waals surface area contributed by atoms with Crippen LogP contribution in [0, 0.1) is 11.8 Å². The highest BCUT2D eigenvalue weighted by Crippen LogP contribution is 2.23. The van der Waals surface area contributed by atoms with Crippen molar-refractivity contribution < 1.29 is 9.59 Å². The first-order valence-corrected chi connectivity index (χ1v) is 6.08. The summed E-state index contributed by atoms with van der Waals surface area (Å²) in [5.74, 6) is 5.83. The van der Waals surface area contributed by atoms with E-state index < -0.39 is 0 Å². The van der Waals surface area contributed by atoms with Crippen molar-refractivity contribution in [3.63, 3.8) is 0 Å². The van der Waals surface area contributed by atoms with Gasteiger partial charge in [-0.3, -0.25) is 9.59 Å². The third kappa shape index (κ3) is 2.41. The van der Waals surface area contributed by atoms with Crippen LogP contribution in [0.5, 0.6) is 0 Å². The normalized spacial score (nSPS) is 13.5. The Balaban J connectivity index is 2.21. The average molecular weight is 238 g/mol. The van der Waals surface area contributed by atoms with E-state index in [1.54, 1.807) is 24.3 Å². The number of fused-ring (bicyclic) bond motifs is 1. The Morgan fingerprint density at radius 3 is 2.50 bits per heavy atom. The van der Waals surface area contributed by atoms with Gasteiger partial charge in [0.05, 0.1) is 0 Å². The predicted molar refractivity (Wildman–Crippen MR) is 70.5 cm³/mol. The largest absolute Gasteiger partial charge is 0.289 e. The van der Waals surface area contributed by atoms with Gasteiger partial charge in [-0.1, -0.05) is 31.2 Å². The lowest BCUT2D eigenvalue weighted by molar-refractivity contribution is 0.0981. The van der Waals surface area contributed by atoms with Gasteiger partial charge in [-0.05, 0) is 12.5 Å². The third-order valence-electron chi connectivity index (χ3n) is 2.86. The van der Waals surface area contributed by atoms with Gasteiger partial charge in [0.15, 0.2) is 11.6 Å². The van der Waals surface area contributed by atoms with Crippen LogP contribution in [0.1, 0.15) is 46.9 Å². The van der Waals surface area contributed by atoms with Gasteiger partial charge in [0.1, 0.15) is 0 Å². The highest BCUT2D eigenvalue weighted by atomic mass is 16.1. The molecule has 18 heavy (non-hydrogen) atoms. The Morgan fingerprint density at radius 2 is 1.78 bits per heavy atom. The van der Waals surface area contributed by atoms with Gasteiger partial charge < -0.3 is 0 Å². The maximum atomic E-state index is 12.2. The quantitative estimate of drug-likeness (QED) is 0.741. The first kappa shape index (κ1) is 12.3. The Morgan fingerprint density at radius 1 is 1.06 bits per heavy atom. The van der Waals surface area contributed by atoms with E-state index >= 15 is 0 Å². The second kappa shape index (κ2) is 5.46. The summed E-state index contributed by atoms with van der Waals surface area (Å²) in [5.41, 5.74) is 1.60. The van der Waals surface area contributed by atoms with E-state index in [9.17, 15) is 9.59 Å². The van der Waals surface area contributed by atoms with Gasteiger partial charge in [-0.2, -0.15) is 0 Å². The highest BCUT2D eigenvalue weighted by molar-refractivity contribution is 6.24. The van der Waals surface area contributed by atoms with Gasteiger partial charge in [0.2, 0.25) is 0 Å². The van der Waals surface area contributed by atoms with E-state index in [1.807, 2.05) is 6.92 Å². The molecule has 1 aromatic carbocycles. The molecule has 0 spiro atoms. The molecule has 0 heterocycles. The summed E-state index contributed by atoms with van der Waals surface area (Å²) < 4.78 is 0. The molecule has 0 atom stereocenters. The molecule has 0 saturated carbocycles.